The van der Waals surface area contributed by atoms with Crippen molar-refractivity contribution >= 4 is 5.91 Å². The van der Waals surface area contributed by atoms with Crippen LogP contribution in [0.4, 0.5) is 0 Å². The average Bonchev–Trinajstić information content (AvgIpc) is 2.54. The Hall–Kier alpha value is -0.570. The van der Waals surface area contributed by atoms with Crippen LogP contribution in [0.2, 0.25) is 0 Å². The van der Waals surface area contributed by atoms with E-state index in [4.69, 9.17) is 5.73 Å². The van der Waals surface area contributed by atoms with Crippen LogP contribution in [0.25, 0.3) is 0 Å². The van der Waals surface area contributed by atoms with Crippen LogP contribution in [-0.4, -0.2) is 18.5 Å². The van der Waals surface area contributed by atoms with Gasteiger partial charge in [0.2, 0.25) is 5.91 Å². The molecule has 0 aromatic carbocycles. The molecule has 0 saturated heterocycles. The van der Waals surface area contributed by atoms with Gasteiger partial charge in [-0.3, -0.25) is 4.79 Å². The molecule has 1 amide bonds. The highest BCUT2D eigenvalue weighted by Gasteiger charge is 2.37. The lowest BCUT2D eigenvalue weighted by molar-refractivity contribution is -0.132. The molecular formula is C13H26N2O. The van der Waals surface area contributed by atoms with Gasteiger partial charge >= 0.3 is 0 Å². The Labute approximate surface area is 99.2 Å². The Morgan fingerprint density at radius 1 is 1.31 bits per heavy atom. The van der Waals surface area contributed by atoms with E-state index in [-0.39, 0.29) is 17.4 Å². The average molecular weight is 226 g/mol. The van der Waals surface area contributed by atoms with Crippen molar-refractivity contribution in [3.8, 4) is 0 Å². The van der Waals surface area contributed by atoms with Gasteiger partial charge in [-0.2, -0.15) is 0 Å². The molecule has 1 rings (SSSR count). The molecule has 3 N–H and O–H groups in total. The summed E-state index contributed by atoms with van der Waals surface area (Å²) in [5.41, 5.74) is 5.59. The van der Waals surface area contributed by atoms with Crippen molar-refractivity contribution in [2.45, 2.75) is 64.8 Å². The van der Waals surface area contributed by atoms with E-state index in [1.54, 1.807) is 0 Å². The lowest BCUT2D eigenvalue weighted by Crippen LogP contribution is -2.48. The van der Waals surface area contributed by atoms with Gasteiger partial charge in [-0.05, 0) is 26.2 Å². The maximum absolute atomic E-state index is 12.3. The summed E-state index contributed by atoms with van der Waals surface area (Å²) >= 11 is 0. The number of hydrogen-bond donors (Lipinski definition) is 2. The van der Waals surface area contributed by atoms with E-state index >= 15 is 0 Å². The molecule has 16 heavy (non-hydrogen) atoms. The van der Waals surface area contributed by atoms with E-state index in [9.17, 15) is 4.79 Å². The minimum atomic E-state index is -0.278. The molecule has 1 aliphatic carbocycles. The Balaban J connectivity index is 2.65. The zero-order valence-electron chi connectivity index (χ0n) is 10.7. The molecule has 3 nitrogen and oxygen atoms in total. The molecular weight excluding hydrogens is 200 g/mol. The molecule has 0 aromatic rings. The van der Waals surface area contributed by atoms with Crippen molar-refractivity contribution in [3.05, 3.63) is 0 Å². The van der Waals surface area contributed by atoms with Gasteiger partial charge in [0.05, 0.1) is 5.41 Å². The summed E-state index contributed by atoms with van der Waals surface area (Å²) in [7, 11) is 0. The summed E-state index contributed by atoms with van der Waals surface area (Å²) in [6.07, 6.45) is 7.69. The molecule has 1 saturated carbocycles. The number of carbonyl (C=O) groups is 1. The second-order valence-corrected chi connectivity index (χ2v) is 5.18. The monoisotopic (exact) mass is 226 g/mol. The minimum absolute atomic E-state index is 0.186. The summed E-state index contributed by atoms with van der Waals surface area (Å²) in [6, 6.07) is 0.263. The third kappa shape index (κ3) is 3.21. The Bertz CT molecular complexity index is 220. The van der Waals surface area contributed by atoms with Crippen LogP contribution in [0.1, 0.15) is 58.8 Å². The van der Waals surface area contributed by atoms with E-state index in [2.05, 4.69) is 19.2 Å². The fourth-order valence-electron chi connectivity index (χ4n) is 2.41. The van der Waals surface area contributed by atoms with Crippen molar-refractivity contribution in [1.29, 1.82) is 0 Å². The predicted octanol–water partition coefficient (Wildman–Crippen LogP) is 2.20. The van der Waals surface area contributed by atoms with Gasteiger partial charge in [0.15, 0.2) is 0 Å². The number of amides is 1. The fourth-order valence-corrected chi connectivity index (χ4v) is 2.41. The molecule has 0 heterocycles. The normalized spacial score (nSPS) is 22.2. The van der Waals surface area contributed by atoms with Crippen molar-refractivity contribution in [2.24, 2.45) is 11.1 Å². The highest BCUT2D eigenvalue weighted by Crippen LogP contribution is 2.34. The molecule has 1 fully saturated rings. The largest absolute Gasteiger partial charge is 0.353 e. The molecule has 1 atom stereocenters. The lowest BCUT2D eigenvalue weighted by Gasteiger charge is -2.31. The van der Waals surface area contributed by atoms with Crippen molar-refractivity contribution in [2.75, 3.05) is 6.54 Å². The SMILES string of the molecule is CCC(C)NC(=O)C1(CN)CCCCCC1. The quantitative estimate of drug-likeness (QED) is 0.722. The third-order valence-corrected chi connectivity index (χ3v) is 3.92. The lowest BCUT2D eigenvalue weighted by atomic mass is 9.79. The van der Waals surface area contributed by atoms with E-state index < -0.39 is 0 Å². The summed E-state index contributed by atoms with van der Waals surface area (Å²) in [6.45, 7) is 4.64. The van der Waals surface area contributed by atoms with E-state index in [1.807, 2.05) is 0 Å². The molecule has 0 spiro atoms. The summed E-state index contributed by atoms with van der Waals surface area (Å²) in [5.74, 6) is 0.186. The van der Waals surface area contributed by atoms with E-state index in [1.165, 1.54) is 12.8 Å². The molecule has 1 aliphatic rings. The van der Waals surface area contributed by atoms with Crippen LogP contribution in [0.5, 0.6) is 0 Å². The number of carbonyl (C=O) groups excluding carboxylic acids is 1. The van der Waals surface area contributed by atoms with Gasteiger partial charge in [0, 0.05) is 12.6 Å². The highest BCUT2D eigenvalue weighted by molar-refractivity contribution is 5.83. The van der Waals surface area contributed by atoms with Crippen LogP contribution in [0, 0.1) is 5.41 Å². The third-order valence-electron chi connectivity index (χ3n) is 3.92. The zero-order valence-corrected chi connectivity index (χ0v) is 10.7. The molecule has 3 heteroatoms. The van der Waals surface area contributed by atoms with Crippen LogP contribution >= 0.6 is 0 Å². The molecule has 0 aromatic heterocycles. The molecule has 0 radical (unpaired) electrons. The van der Waals surface area contributed by atoms with Crippen LogP contribution < -0.4 is 11.1 Å². The van der Waals surface area contributed by atoms with Gasteiger partial charge < -0.3 is 11.1 Å². The Kier molecular flexibility index (Phi) is 5.26. The second kappa shape index (κ2) is 6.24. The molecule has 0 bridgehead atoms. The van der Waals surface area contributed by atoms with Crippen LogP contribution in [0.15, 0.2) is 0 Å². The minimum Gasteiger partial charge on any atom is -0.353 e. The van der Waals surface area contributed by atoms with E-state index in [0.29, 0.717) is 6.54 Å². The standard InChI is InChI=1S/C13H26N2O/c1-3-11(2)15-12(16)13(10-14)8-6-4-5-7-9-13/h11H,3-10,14H2,1-2H3,(H,15,16). The van der Waals surface area contributed by atoms with Gasteiger partial charge in [-0.1, -0.05) is 32.6 Å². The molecule has 1 unspecified atom stereocenters. The number of nitrogens with two attached hydrogens (primary N) is 1. The topological polar surface area (TPSA) is 55.1 Å². The zero-order chi connectivity index (χ0) is 12.0. The van der Waals surface area contributed by atoms with Crippen molar-refractivity contribution in [3.63, 3.8) is 0 Å². The first-order valence-corrected chi connectivity index (χ1v) is 6.65. The van der Waals surface area contributed by atoms with E-state index in [0.717, 1.165) is 32.1 Å². The Morgan fingerprint density at radius 3 is 2.31 bits per heavy atom. The predicted molar refractivity (Wildman–Crippen MR) is 67.1 cm³/mol. The second-order valence-electron chi connectivity index (χ2n) is 5.18. The number of rotatable bonds is 4. The summed E-state index contributed by atoms with van der Waals surface area (Å²) < 4.78 is 0. The smallest absolute Gasteiger partial charge is 0.227 e. The fraction of sp³-hybridized carbons (Fsp3) is 0.923. The first kappa shape index (κ1) is 13.5. The first-order chi connectivity index (χ1) is 7.64. The summed E-state index contributed by atoms with van der Waals surface area (Å²) in [5, 5.41) is 3.10. The van der Waals surface area contributed by atoms with Gasteiger partial charge in [-0.15, -0.1) is 0 Å². The Morgan fingerprint density at radius 2 is 1.88 bits per heavy atom. The van der Waals surface area contributed by atoms with Crippen LogP contribution in [0.3, 0.4) is 0 Å². The van der Waals surface area contributed by atoms with Crippen molar-refractivity contribution in [1.82, 2.24) is 5.32 Å². The maximum atomic E-state index is 12.3. The van der Waals surface area contributed by atoms with Crippen LogP contribution in [-0.2, 0) is 4.79 Å². The molecule has 94 valence electrons. The van der Waals surface area contributed by atoms with Gasteiger partial charge in [-0.25, -0.2) is 0 Å². The first-order valence-electron chi connectivity index (χ1n) is 6.65. The number of nitrogens with one attached hydrogen (secondary N) is 1. The summed E-state index contributed by atoms with van der Waals surface area (Å²) in [4.78, 5) is 12.3. The van der Waals surface area contributed by atoms with Crippen molar-refractivity contribution < 1.29 is 4.79 Å². The van der Waals surface area contributed by atoms with Gasteiger partial charge in [0.25, 0.3) is 0 Å². The maximum Gasteiger partial charge on any atom is 0.227 e. The molecule has 0 aliphatic heterocycles. The van der Waals surface area contributed by atoms with Gasteiger partial charge in [0.1, 0.15) is 0 Å². The highest BCUT2D eigenvalue weighted by atomic mass is 16.2. The number of hydrogen-bond acceptors (Lipinski definition) is 2.